The van der Waals surface area contributed by atoms with Crippen molar-refractivity contribution < 1.29 is 22.5 Å². The minimum atomic E-state index is -4.50. The van der Waals surface area contributed by atoms with E-state index in [1.807, 2.05) is 0 Å². The van der Waals surface area contributed by atoms with Crippen LogP contribution >= 0.6 is 8.15 Å². The van der Waals surface area contributed by atoms with Crippen LogP contribution in [0.2, 0.25) is 0 Å². The van der Waals surface area contributed by atoms with E-state index in [4.69, 9.17) is 4.52 Å². The number of fused-ring (bicyclic) bond motifs is 1. The van der Waals surface area contributed by atoms with E-state index in [2.05, 4.69) is 15.3 Å². The first-order chi connectivity index (χ1) is 13.7. The van der Waals surface area contributed by atoms with Gasteiger partial charge < -0.3 is 9.84 Å². The molecule has 3 aromatic rings. The second-order valence-corrected chi connectivity index (χ2v) is 8.23. The fourth-order valence-electron chi connectivity index (χ4n) is 2.90. The standard InChI is InChI=1S/C20H19F3N3O2P/c1-12-15(10-14-5-4-8-24-18(14)26-12)19(27)25-11-13-6-7-17(29(3)28-2)16(9-13)20(21,22)23/h4-10H,11H2,1-3H3,(H,25,27). The molecule has 0 fully saturated rings. The van der Waals surface area contributed by atoms with Crippen molar-refractivity contribution in [1.29, 1.82) is 0 Å². The van der Waals surface area contributed by atoms with Gasteiger partial charge in [0, 0.05) is 30.5 Å². The van der Waals surface area contributed by atoms with Gasteiger partial charge in [-0.15, -0.1) is 0 Å². The average Bonchev–Trinajstić information content (AvgIpc) is 2.70. The zero-order valence-electron chi connectivity index (χ0n) is 16.0. The van der Waals surface area contributed by atoms with E-state index in [9.17, 15) is 18.0 Å². The van der Waals surface area contributed by atoms with Crippen LogP contribution in [0.4, 0.5) is 13.2 Å². The van der Waals surface area contributed by atoms with E-state index in [0.29, 0.717) is 27.9 Å². The van der Waals surface area contributed by atoms with E-state index in [1.165, 1.54) is 13.2 Å². The van der Waals surface area contributed by atoms with E-state index >= 15 is 0 Å². The van der Waals surface area contributed by atoms with Crippen LogP contribution < -0.4 is 10.6 Å². The van der Waals surface area contributed by atoms with Gasteiger partial charge >= 0.3 is 6.18 Å². The Bertz CT molecular complexity index is 1060. The summed E-state index contributed by atoms with van der Waals surface area (Å²) >= 11 is 0. The second kappa shape index (κ2) is 8.43. The van der Waals surface area contributed by atoms with Gasteiger partial charge in [0.05, 0.1) is 25.0 Å². The lowest BCUT2D eigenvalue weighted by atomic mass is 10.1. The number of carbonyl (C=O) groups is 1. The van der Waals surface area contributed by atoms with E-state index in [1.54, 1.807) is 44.1 Å². The molecule has 2 aromatic heterocycles. The number of hydrogen-bond acceptors (Lipinski definition) is 4. The number of aromatic nitrogens is 2. The first-order valence-corrected chi connectivity index (χ1v) is 10.4. The maximum Gasteiger partial charge on any atom is 0.417 e. The molecule has 1 unspecified atom stereocenters. The maximum atomic E-state index is 13.4. The average molecular weight is 421 g/mol. The van der Waals surface area contributed by atoms with Gasteiger partial charge in [-0.3, -0.25) is 4.79 Å². The number of pyridine rings is 2. The third kappa shape index (κ3) is 4.71. The van der Waals surface area contributed by atoms with Gasteiger partial charge in [-0.2, -0.15) is 13.2 Å². The number of halogens is 3. The van der Waals surface area contributed by atoms with Gasteiger partial charge in [-0.25, -0.2) is 9.97 Å². The zero-order chi connectivity index (χ0) is 21.2. The molecule has 0 saturated carbocycles. The Balaban J connectivity index is 1.82. The number of alkyl halides is 3. The second-order valence-electron chi connectivity index (χ2n) is 6.38. The predicted molar refractivity (Wildman–Crippen MR) is 106 cm³/mol. The van der Waals surface area contributed by atoms with Crippen molar-refractivity contribution in [3.63, 3.8) is 0 Å². The lowest BCUT2D eigenvalue weighted by Crippen LogP contribution is -2.25. The molecule has 0 bridgehead atoms. The van der Waals surface area contributed by atoms with Crippen molar-refractivity contribution in [3.8, 4) is 0 Å². The van der Waals surface area contributed by atoms with Crippen LogP contribution in [-0.2, 0) is 17.2 Å². The molecule has 0 aliphatic heterocycles. The molecule has 9 heteroatoms. The van der Waals surface area contributed by atoms with Crippen LogP contribution in [-0.4, -0.2) is 29.6 Å². The van der Waals surface area contributed by atoms with E-state index in [-0.39, 0.29) is 11.8 Å². The van der Waals surface area contributed by atoms with Crippen LogP contribution in [0.25, 0.3) is 11.0 Å². The summed E-state index contributed by atoms with van der Waals surface area (Å²) < 4.78 is 45.4. The highest BCUT2D eigenvalue weighted by molar-refractivity contribution is 7.60. The molecule has 0 spiro atoms. The van der Waals surface area contributed by atoms with Crippen LogP contribution in [0.1, 0.15) is 27.2 Å². The van der Waals surface area contributed by atoms with Crippen molar-refractivity contribution in [2.24, 2.45) is 0 Å². The Morgan fingerprint density at radius 2 is 2.00 bits per heavy atom. The largest absolute Gasteiger partial charge is 0.417 e. The molecule has 1 N–H and O–H groups in total. The lowest BCUT2D eigenvalue weighted by Gasteiger charge is -2.18. The number of nitrogens with one attached hydrogen (secondary N) is 1. The molecule has 0 aliphatic carbocycles. The maximum absolute atomic E-state index is 13.4. The molecule has 1 atom stereocenters. The van der Waals surface area contributed by atoms with Crippen molar-refractivity contribution >= 4 is 30.4 Å². The molecule has 0 radical (unpaired) electrons. The molecular weight excluding hydrogens is 402 g/mol. The monoisotopic (exact) mass is 421 g/mol. The molecule has 1 amide bonds. The molecule has 1 aromatic carbocycles. The summed E-state index contributed by atoms with van der Waals surface area (Å²) in [5.74, 6) is -0.409. The third-order valence-corrected chi connectivity index (χ3v) is 6.07. The van der Waals surface area contributed by atoms with Gasteiger partial charge in [0.15, 0.2) is 5.65 Å². The van der Waals surface area contributed by atoms with Crippen LogP contribution in [0, 0.1) is 6.92 Å². The van der Waals surface area contributed by atoms with Crippen molar-refractivity contribution in [2.75, 3.05) is 13.8 Å². The minimum absolute atomic E-state index is 0.0403. The summed E-state index contributed by atoms with van der Waals surface area (Å²) in [4.78, 5) is 21.0. The summed E-state index contributed by atoms with van der Waals surface area (Å²) in [5, 5.41) is 3.50. The SMILES string of the molecule is COP(C)c1ccc(CNC(=O)c2cc3cccnc3nc2C)cc1C(F)(F)F. The van der Waals surface area contributed by atoms with Gasteiger partial charge in [0.1, 0.15) is 0 Å². The molecular formula is C20H19F3N3O2P. The molecule has 3 rings (SSSR count). The van der Waals surface area contributed by atoms with E-state index < -0.39 is 25.8 Å². The predicted octanol–water partition coefficient (Wildman–Crippen LogP) is 4.19. The molecule has 5 nitrogen and oxygen atoms in total. The fourth-order valence-corrected chi connectivity index (χ4v) is 3.91. The number of nitrogens with zero attached hydrogens (tertiary/aromatic N) is 2. The first kappa shape index (κ1) is 21.1. The topological polar surface area (TPSA) is 64.1 Å². The smallest absolute Gasteiger partial charge is 0.358 e. The highest BCUT2D eigenvalue weighted by atomic mass is 31.1. The Labute approximate surface area is 167 Å². The molecule has 2 heterocycles. The lowest BCUT2D eigenvalue weighted by molar-refractivity contribution is -0.136. The number of benzene rings is 1. The summed E-state index contributed by atoms with van der Waals surface area (Å²) in [7, 11) is 0.0127. The molecule has 29 heavy (non-hydrogen) atoms. The summed E-state index contributed by atoms with van der Waals surface area (Å²) in [6, 6.07) is 9.24. The molecule has 0 saturated heterocycles. The van der Waals surface area contributed by atoms with Crippen LogP contribution in [0.3, 0.4) is 0 Å². The van der Waals surface area contributed by atoms with Crippen molar-refractivity contribution in [2.45, 2.75) is 19.6 Å². The first-order valence-electron chi connectivity index (χ1n) is 8.69. The van der Waals surface area contributed by atoms with Gasteiger partial charge in [0.2, 0.25) is 0 Å². The fraction of sp³-hybridized carbons (Fsp3) is 0.250. The van der Waals surface area contributed by atoms with Crippen LogP contribution in [0.5, 0.6) is 0 Å². The van der Waals surface area contributed by atoms with Crippen molar-refractivity contribution in [1.82, 2.24) is 15.3 Å². The number of carbonyl (C=O) groups excluding carboxylic acids is 1. The number of aryl methyl sites for hydroxylation is 1. The summed E-state index contributed by atoms with van der Waals surface area (Å²) in [6.45, 7) is 3.26. The van der Waals surface area contributed by atoms with Crippen molar-refractivity contribution in [3.05, 3.63) is 65.0 Å². The Morgan fingerprint density at radius 3 is 2.69 bits per heavy atom. The summed E-state index contributed by atoms with van der Waals surface area (Å²) in [6.07, 6.45) is -2.89. The summed E-state index contributed by atoms with van der Waals surface area (Å²) in [5.41, 5.74) is 0.990. The van der Waals surface area contributed by atoms with Crippen LogP contribution in [0.15, 0.2) is 42.6 Å². The van der Waals surface area contributed by atoms with Gasteiger partial charge in [-0.05, 0) is 43.4 Å². The highest BCUT2D eigenvalue weighted by Gasteiger charge is 2.35. The minimum Gasteiger partial charge on any atom is -0.358 e. The Hall–Kier alpha value is -2.57. The molecule has 152 valence electrons. The van der Waals surface area contributed by atoms with Gasteiger partial charge in [0.25, 0.3) is 5.91 Å². The third-order valence-electron chi connectivity index (χ3n) is 4.46. The number of rotatable bonds is 5. The highest BCUT2D eigenvalue weighted by Crippen LogP contribution is 2.38. The normalized spacial score (nSPS) is 12.8. The number of hydrogen-bond donors (Lipinski definition) is 1. The quantitative estimate of drug-likeness (QED) is 0.628. The Kier molecular flexibility index (Phi) is 6.15. The number of amides is 1. The zero-order valence-corrected chi connectivity index (χ0v) is 16.9. The Morgan fingerprint density at radius 1 is 1.24 bits per heavy atom. The van der Waals surface area contributed by atoms with E-state index in [0.717, 1.165) is 6.07 Å². The van der Waals surface area contributed by atoms with Gasteiger partial charge in [-0.1, -0.05) is 12.1 Å². The molecule has 0 aliphatic rings.